The molecule has 1 aromatic heterocycles. The van der Waals surface area contributed by atoms with E-state index in [0.29, 0.717) is 52.3 Å². The van der Waals surface area contributed by atoms with Gasteiger partial charge in [-0.05, 0) is 51.3 Å². The lowest BCUT2D eigenvalue weighted by atomic mass is 9.91. The van der Waals surface area contributed by atoms with E-state index in [2.05, 4.69) is 34.3 Å². The molecule has 1 aromatic carbocycles. The van der Waals surface area contributed by atoms with E-state index in [1.54, 1.807) is 0 Å². The maximum atomic E-state index is 12.1. The average molecular weight is 675 g/mol. The lowest BCUT2D eigenvalue weighted by Crippen LogP contribution is -2.43. The van der Waals surface area contributed by atoms with Crippen LogP contribution in [0.1, 0.15) is 76.1 Å². The number of aromatic nitrogens is 2. The second-order valence-corrected chi connectivity index (χ2v) is 14.3. The summed E-state index contributed by atoms with van der Waals surface area (Å²) in [7, 11) is -4.45. The molecule has 0 radical (unpaired) electrons. The molecule has 2 aromatic rings. The minimum atomic E-state index is -4.45. The molecule has 0 N–H and O–H groups in total. The highest BCUT2D eigenvalue weighted by atomic mass is 35.5. The Balaban J connectivity index is 1.60. The smallest absolute Gasteiger partial charge is 0.282 e. The summed E-state index contributed by atoms with van der Waals surface area (Å²) in [5.74, 6) is 1.84. The fourth-order valence-corrected chi connectivity index (χ4v) is 8.16. The van der Waals surface area contributed by atoms with Crippen molar-refractivity contribution in [3.8, 4) is 0 Å². The molecule has 2 atom stereocenters. The largest absolute Gasteiger partial charge is 0.748 e. The van der Waals surface area contributed by atoms with Gasteiger partial charge in [-0.2, -0.15) is 0 Å². The van der Waals surface area contributed by atoms with Crippen LogP contribution in [0.4, 0.5) is 11.4 Å². The first-order valence-electron chi connectivity index (χ1n) is 14.6. The van der Waals surface area contributed by atoms with Gasteiger partial charge in [0.1, 0.15) is 22.0 Å². The van der Waals surface area contributed by atoms with Crippen LogP contribution in [-0.2, 0) is 29.5 Å². The lowest BCUT2D eigenvalue weighted by molar-refractivity contribution is -0.701. The molecule has 5 rings (SSSR count). The van der Waals surface area contributed by atoms with E-state index in [1.807, 2.05) is 35.8 Å². The zero-order chi connectivity index (χ0) is 30.3. The van der Waals surface area contributed by atoms with Crippen LogP contribution in [0.5, 0.6) is 0 Å². The Morgan fingerprint density at radius 3 is 2.21 bits per heavy atom. The van der Waals surface area contributed by atoms with Crippen molar-refractivity contribution in [1.29, 1.82) is 0 Å². The second-order valence-electron chi connectivity index (χ2n) is 10.9. The minimum Gasteiger partial charge on any atom is -0.748 e. The quantitative estimate of drug-likeness (QED) is 0.148. The van der Waals surface area contributed by atoms with Crippen LogP contribution >= 0.6 is 46.4 Å². The molecule has 1 fully saturated rings. The van der Waals surface area contributed by atoms with Gasteiger partial charge in [0.05, 0.1) is 46.1 Å². The Morgan fingerprint density at radius 2 is 1.64 bits per heavy atom. The molecule has 3 aliphatic rings. The Hall–Kier alpha value is -1.68. The highest BCUT2D eigenvalue weighted by molar-refractivity contribution is 7.86. The number of hydrogen-bond acceptors (Lipinski definition) is 5. The first-order valence-corrected chi connectivity index (χ1v) is 17.6. The Labute approximate surface area is 268 Å². The van der Waals surface area contributed by atoms with Crippen molar-refractivity contribution in [3.05, 3.63) is 67.4 Å². The van der Waals surface area contributed by atoms with Crippen molar-refractivity contribution in [2.24, 2.45) is 0 Å². The molecule has 1 saturated carbocycles. The number of fused-ring (bicyclic) bond motifs is 2. The summed E-state index contributed by atoms with van der Waals surface area (Å²) in [6, 6.07) is 3.41. The van der Waals surface area contributed by atoms with E-state index in [0.717, 1.165) is 66.8 Å². The third-order valence-electron chi connectivity index (χ3n) is 8.55. The first kappa shape index (κ1) is 31.7. The molecule has 228 valence electrons. The number of allylic oxidation sites excluding steroid dienone is 4. The van der Waals surface area contributed by atoms with Crippen molar-refractivity contribution < 1.29 is 17.5 Å². The Morgan fingerprint density at radius 1 is 0.976 bits per heavy atom. The zero-order valence-electron chi connectivity index (χ0n) is 24.0. The molecule has 1 aliphatic heterocycles. The number of halogens is 4. The molecular weight excluding hydrogens is 638 g/mol. The number of nitrogens with zero attached hydrogens (tertiary/aromatic N) is 4. The predicted molar refractivity (Wildman–Crippen MR) is 172 cm³/mol. The number of anilines is 2. The summed E-state index contributed by atoms with van der Waals surface area (Å²) in [6.07, 6.45) is 11.2. The van der Waals surface area contributed by atoms with Gasteiger partial charge in [0.2, 0.25) is 0 Å². The van der Waals surface area contributed by atoms with E-state index in [4.69, 9.17) is 46.4 Å². The highest BCUT2D eigenvalue weighted by Crippen LogP contribution is 2.46. The van der Waals surface area contributed by atoms with Crippen molar-refractivity contribution in [2.45, 2.75) is 83.6 Å². The molecule has 7 nitrogen and oxygen atoms in total. The summed E-state index contributed by atoms with van der Waals surface area (Å²) in [5.41, 5.74) is 3.96. The van der Waals surface area contributed by atoms with Gasteiger partial charge in [-0.1, -0.05) is 72.2 Å². The standard InChI is InChI=1S/C30H36Cl4N4O3S/c1-4-7-8-14-37-25-16-20(32)19(31)15-24(25)35(5-2)29(37)10-9-11-30-36(6-3)26-17-21(33)22(34)18-27(26)38(30)23-12-13-28(23)42(39,40)41/h9-11,15-16,23,28H,4-8,12-14,17-18H2,1-3H3. The first-order chi connectivity index (χ1) is 20.0. The van der Waals surface area contributed by atoms with Crippen LogP contribution in [-0.4, -0.2) is 35.9 Å². The van der Waals surface area contributed by atoms with Gasteiger partial charge in [0.15, 0.2) is 11.4 Å². The average Bonchev–Trinajstić information content (AvgIpc) is 3.34. The van der Waals surface area contributed by atoms with Crippen molar-refractivity contribution in [2.75, 3.05) is 22.9 Å². The van der Waals surface area contributed by atoms with E-state index < -0.39 is 21.4 Å². The third kappa shape index (κ3) is 5.75. The predicted octanol–water partition coefficient (Wildman–Crippen LogP) is 7.53. The molecule has 2 unspecified atom stereocenters. The third-order valence-corrected chi connectivity index (χ3v) is 11.4. The fourth-order valence-electron chi connectivity index (χ4n) is 6.39. The summed E-state index contributed by atoms with van der Waals surface area (Å²) < 4.78 is 40.6. The Bertz CT molecular complexity index is 1580. The van der Waals surface area contributed by atoms with Gasteiger partial charge in [-0.3, -0.25) is 0 Å². The number of benzene rings is 1. The van der Waals surface area contributed by atoms with E-state index >= 15 is 0 Å². The van der Waals surface area contributed by atoms with Crippen LogP contribution in [0.15, 0.2) is 40.2 Å². The molecule has 12 heteroatoms. The number of rotatable bonds is 10. The van der Waals surface area contributed by atoms with Gasteiger partial charge < -0.3 is 14.4 Å². The fraction of sp³-hybridized carbons (Fsp3) is 0.500. The maximum Gasteiger partial charge on any atom is 0.282 e. The Kier molecular flexibility index (Phi) is 9.63. The minimum absolute atomic E-state index is 0.356. The molecule has 0 spiro atoms. The summed E-state index contributed by atoms with van der Waals surface area (Å²) in [5, 5.41) is 1.21. The van der Waals surface area contributed by atoms with Crippen LogP contribution in [0.3, 0.4) is 0 Å². The number of imidazole rings is 1. The molecule has 0 amide bonds. The van der Waals surface area contributed by atoms with Gasteiger partial charge in [-0.15, -0.1) is 0 Å². The summed E-state index contributed by atoms with van der Waals surface area (Å²) >= 11 is 25.9. The number of hydrogen-bond donors (Lipinski definition) is 0. The monoisotopic (exact) mass is 672 g/mol. The maximum absolute atomic E-state index is 12.1. The van der Waals surface area contributed by atoms with Crippen molar-refractivity contribution in [3.63, 3.8) is 0 Å². The summed E-state index contributed by atoms with van der Waals surface area (Å²) in [6.45, 7) is 8.56. The second kappa shape index (κ2) is 12.7. The van der Waals surface area contributed by atoms with Gasteiger partial charge in [0.25, 0.3) is 5.82 Å². The van der Waals surface area contributed by atoms with Gasteiger partial charge in [0, 0.05) is 29.2 Å². The number of unbranched alkanes of at least 4 members (excludes halogenated alkanes) is 2. The molecular formula is C30H36Cl4N4O3S. The van der Waals surface area contributed by atoms with Crippen LogP contribution < -0.4 is 14.4 Å². The lowest BCUT2D eigenvalue weighted by Gasteiger charge is -2.36. The zero-order valence-corrected chi connectivity index (χ0v) is 27.9. The SMILES string of the molecule is CCCCCN1C(=CC=Cc2n(C3CCC3S(=O)(=O)[O-])c3c([n+]2CC)CC(Cl)=C(Cl)C3)N(CC)c2cc(Cl)c(Cl)cc21. The topological polar surface area (TPSA) is 72.5 Å². The highest BCUT2D eigenvalue weighted by Gasteiger charge is 2.46. The molecule has 0 saturated heterocycles. The van der Waals surface area contributed by atoms with Crippen LogP contribution in [0.25, 0.3) is 6.08 Å². The molecule has 42 heavy (non-hydrogen) atoms. The normalized spacial score (nSPS) is 21.5. The van der Waals surface area contributed by atoms with Crippen molar-refractivity contribution >= 4 is 74.0 Å². The van der Waals surface area contributed by atoms with Crippen LogP contribution in [0.2, 0.25) is 10.0 Å². The summed E-state index contributed by atoms with van der Waals surface area (Å²) in [4.78, 5) is 4.51. The molecule has 0 bridgehead atoms. The van der Waals surface area contributed by atoms with E-state index in [1.165, 1.54) is 0 Å². The van der Waals surface area contributed by atoms with E-state index in [9.17, 15) is 13.0 Å². The van der Waals surface area contributed by atoms with E-state index in [-0.39, 0.29) is 0 Å². The van der Waals surface area contributed by atoms with Crippen molar-refractivity contribution in [1.82, 2.24) is 4.57 Å². The molecule has 2 aliphatic carbocycles. The molecule has 2 heterocycles. The van der Waals surface area contributed by atoms with Gasteiger partial charge in [-0.25, -0.2) is 17.6 Å². The van der Waals surface area contributed by atoms with Crippen LogP contribution in [0, 0.1) is 0 Å². The van der Waals surface area contributed by atoms with Gasteiger partial charge >= 0.3 is 0 Å².